The molecule has 0 radical (unpaired) electrons. The lowest BCUT2D eigenvalue weighted by atomic mass is 9.77. The van der Waals surface area contributed by atoms with E-state index in [1.165, 1.54) is 5.56 Å². The van der Waals surface area contributed by atoms with Gasteiger partial charge >= 0.3 is 0 Å². The van der Waals surface area contributed by atoms with E-state index >= 15 is 0 Å². The van der Waals surface area contributed by atoms with Crippen molar-refractivity contribution in [2.75, 3.05) is 18.6 Å². The SMILES string of the molecule is CN1C(=O)COc2ccc(CC3CC(N)C3)cc21. The molecular weight excluding hydrogens is 228 g/mol. The molecule has 4 heteroatoms. The molecule has 0 unspecified atom stereocenters. The molecule has 1 aromatic rings. The maximum Gasteiger partial charge on any atom is 0.264 e. The molecule has 1 fully saturated rings. The summed E-state index contributed by atoms with van der Waals surface area (Å²) in [5.41, 5.74) is 7.94. The van der Waals surface area contributed by atoms with Crippen molar-refractivity contribution in [3.05, 3.63) is 23.8 Å². The molecule has 18 heavy (non-hydrogen) atoms. The van der Waals surface area contributed by atoms with Crippen molar-refractivity contribution in [2.45, 2.75) is 25.3 Å². The van der Waals surface area contributed by atoms with Crippen molar-refractivity contribution in [2.24, 2.45) is 11.7 Å². The number of nitrogens with zero attached hydrogens (tertiary/aromatic N) is 1. The monoisotopic (exact) mass is 246 g/mol. The summed E-state index contributed by atoms with van der Waals surface area (Å²) in [5.74, 6) is 1.50. The van der Waals surface area contributed by atoms with Crippen LogP contribution in [0.1, 0.15) is 18.4 Å². The van der Waals surface area contributed by atoms with Crippen molar-refractivity contribution in [3.8, 4) is 5.75 Å². The Labute approximate surface area is 107 Å². The topological polar surface area (TPSA) is 55.6 Å². The molecule has 1 aromatic carbocycles. The standard InChI is InChI=1S/C14H18N2O2/c1-16-12-7-9(4-10-5-11(15)6-10)2-3-13(12)18-8-14(16)17/h2-3,7,10-11H,4-6,8,15H2,1H3. The molecule has 4 nitrogen and oxygen atoms in total. The Balaban J connectivity index is 1.79. The fraction of sp³-hybridized carbons (Fsp3) is 0.500. The zero-order valence-corrected chi connectivity index (χ0v) is 10.6. The summed E-state index contributed by atoms with van der Waals surface area (Å²) in [5, 5.41) is 0. The van der Waals surface area contributed by atoms with E-state index in [1.54, 1.807) is 11.9 Å². The number of carbonyl (C=O) groups is 1. The highest BCUT2D eigenvalue weighted by atomic mass is 16.5. The second-order valence-corrected chi connectivity index (χ2v) is 5.35. The van der Waals surface area contributed by atoms with Crippen LogP contribution < -0.4 is 15.4 Å². The molecule has 2 N–H and O–H groups in total. The Morgan fingerprint density at radius 2 is 2.22 bits per heavy atom. The van der Waals surface area contributed by atoms with Crippen LogP contribution in [0.3, 0.4) is 0 Å². The van der Waals surface area contributed by atoms with E-state index in [0.717, 1.165) is 30.7 Å². The Kier molecular flexibility index (Phi) is 2.74. The van der Waals surface area contributed by atoms with Crippen LogP contribution in [-0.2, 0) is 11.2 Å². The molecule has 0 saturated heterocycles. The van der Waals surface area contributed by atoms with Crippen LogP contribution >= 0.6 is 0 Å². The molecule has 0 atom stereocenters. The summed E-state index contributed by atoms with van der Waals surface area (Å²) in [7, 11) is 1.80. The van der Waals surface area contributed by atoms with Gasteiger partial charge in [0.25, 0.3) is 5.91 Å². The maximum absolute atomic E-state index is 11.6. The summed E-state index contributed by atoms with van der Waals surface area (Å²) < 4.78 is 5.41. The van der Waals surface area contributed by atoms with Gasteiger partial charge < -0.3 is 15.4 Å². The predicted octanol–water partition coefficient (Wildman–Crippen LogP) is 1.32. The van der Waals surface area contributed by atoms with E-state index in [-0.39, 0.29) is 12.5 Å². The molecule has 0 spiro atoms. The van der Waals surface area contributed by atoms with Gasteiger partial charge in [0.05, 0.1) is 5.69 Å². The zero-order valence-electron chi connectivity index (χ0n) is 10.6. The van der Waals surface area contributed by atoms with Gasteiger partial charge in [-0.3, -0.25) is 4.79 Å². The van der Waals surface area contributed by atoms with Crippen LogP contribution in [-0.4, -0.2) is 25.6 Å². The first-order chi connectivity index (χ1) is 8.63. The Morgan fingerprint density at radius 3 is 2.94 bits per heavy atom. The third-order valence-electron chi connectivity index (χ3n) is 3.91. The largest absolute Gasteiger partial charge is 0.482 e. The summed E-state index contributed by atoms with van der Waals surface area (Å²) in [6.45, 7) is 0.139. The number of amides is 1. The van der Waals surface area contributed by atoms with E-state index in [2.05, 4.69) is 12.1 Å². The summed E-state index contributed by atoms with van der Waals surface area (Å²) in [6, 6.07) is 6.51. The van der Waals surface area contributed by atoms with Gasteiger partial charge in [-0.25, -0.2) is 0 Å². The van der Waals surface area contributed by atoms with Gasteiger partial charge in [0.2, 0.25) is 0 Å². The van der Waals surface area contributed by atoms with Crippen molar-refractivity contribution in [1.82, 2.24) is 0 Å². The van der Waals surface area contributed by atoms with E-state index in [9.17, 15) is 4.79 Å². The highest BCUT2D eigenvalue weighted by Gasteiger charge is 2.27. The van der Waals surface area contributed by atoms with E-state index in [4.69, 9.17) is 10.5 Å². The quantitative estimate of drug-likeness (QED) is 0.856. The lowest BCUT2D eigenvalue weighted by molar-refractivity contribution is -0.120. The minimum absolute atomic E-state index is 0.00492. The second-order valence-electron chi connectivity index (χ2n) is 5.35. The molecule has 0 bridgehead atoms. The fourth-order valence-corrected chi connectivity index (χ4v) is 2.73. The van der Waals surface area contributed by atoms with Crippen LogP contribution in [0.2, 0.25) is 0 Å². The summed E-state index contributed by atoms with van der Waals surface area (Å²) in [6.07, 6.45) is 3.27. The van der Waals surface area contributed by atoms with Crippen molar-refractivity contribution in [3.63, 3.8) is 0 Å². The van der Waals surface area contributed by atoms with E-state index in [0.29, 0.717) is 12.0 Å². The predicted molar refractivity (Wildman–Crippen MR) is 69.8 cm³/mol. The van der Waals surface area contributed by atoms with Gasteiger partial charge in [-0.2, -0.15) is 0 Å². The Morgan fingerprint density at radius 1 is 1.44 bits per heavy atom. The summed E-state index contributed by atoms with van der Waals surface area (Å²) >= 11 is 0. The maximum atomic E-state index is 11.6. The molecule has 1 saturated carbocycles. The third kappa shape index (κ3) is 1.97. The number of rotatable bonds is 2. The Hall–Kier alpha value is -1.55. The summed E-state index contributed by atoms with van der Waals surface area (Å²) in [4.78, 5) is 13.3. The first-order valence-corrected chi connectivity index (χ1v) is 6.41. The van der Waals surface area contributed by atoms with Crippen molar-refractivity contribution in [1.29, 1.82) is 0 Å². The highest BCUT2D eigenvalue weighted by molar-refractivity contribution is 5.97. The molecule has 1 heterocycles. The fourth-order valence-electron chi connectivity index (χ4n) is 2.73. The number of ether oxygens (including phenoxy) is 1. The van der Waals surface area contributed by atoms with Crippen LogP contribution in [0.25, 0.3) is 0 Å². The first-order valence-electron chi connectivity index (χ1n) is 6.41. The molecule has 1 aliphatic carbocycles. The molecule has 0 aromatic heterocycles. The van der Waals surface area contributed by atoms with E-state index in [1.807, 2.05) is 6.07 Å². The average molecular weight is 246 g/mol. The molecule has 1 amide bonds. The van der Waals surface area contributed by atoms with Gasteiger partial charge in [0, 0.05) is 13.1 Å². The first kappa shape index (κ1) is 11.5. The number of anilines is 1. The number of hydrogen-bond donors (Lipinski definition) is 1. The van der Waals surface area contributed by atoms with Gasteiger partial charge in [-0.1, -0.05) is 6.07 Å². The third-order valence-corrected chi connectivity index (χ3v) is 3.91. The number of fused-ring (bicyclic) bond motifs is 1. The zero-order chi connectivity index (χ0) is 12.7. The van der Waals surface area contributed by atoms with Crippen LogP contribution in [0.5, 0.6) is 5.75 Å². The van der Waals surface area contributed by atoms with Crippen molar-refractivity contribution >= 4 is 11.6 Å². The normalized spacial score (nSPS) is 26.3. The number of benzene rings is 1. The van der Waals surface area contributed by atoms with Gasteiger partial charge in [-0.05, 0) is 42.9 Å². The van der Waals surface area contributed by atoms with Crippen LogP contribution in [0, 0.1) is 5.92 Å². The van der Waals surface area contributed by atoms with Gasteiger partial charge in [-0.15, -0.1) is 0 Å². The Bertz CT molecular complexity index is 481. The number of likely N-dealkylation sites (N-methyl/N-ethyl adjacent to an activating group) is 1. The molecular formula is C14H18N2O2. The molecule has 2 aliphatic rings. The number of hydrogen-bond acceptors (Lipinski definition) is 3. The number of carbonyl (C=O) groups excluding carboxylic acids is 1. The molecule has 96 valence electrons. The minimum Gasteiger partial charge on any atom is -0.482 e. The highest BCUT2D eigenvalue weighted by Crippen LogP contribution is 2.35. The molecule has 3 rings (SSSR count). The van der Waals surface area contributed by atoms with Crippen LogP contribution in [0.15, 0.2) is 18.2 Å². The lowest BCUT2D eigenvalue weighted by Gasteiger charge is -2.33. The average Bonchev–Trinajstić information content (AvgIpc) is 2.33. The smallest absolute Gasteiger partial charge is 0.264 e. The van der Waals surface area contributed by atoms with E-state index < -0.39 is 0 Å². The molecule has 1 aliphatic heterocycles. The van der Waals surface area contributed by atoms with Gasteiger partial charge in [0.1, 0.15) is 5.75 Å². The second kappa shape index (κ2) is 4.28. The van der Waals surface area contributed by atoms with Gasteiger partial charge in [0.15, 0.2) is 6.61 Å². The number of nitrogens with two attached hydrogens (primary N) is 1. The van der Waals surface area contributed by atoms with Crippen LogP contribution in [0.4, 0.5) is 5.69 Å². The lowest BCUT2D eigenvalue weighted by Crippen LogP contribution is -2.37. The minimum atomic E-state index is 0.00492. The van der Waals surface area contributed by atoms with Crippen molar-refractivity contribution < 1.29 is 9.53 Å².